The molecule has 4 nitrogen and oxygen atoms in total. The first-order valence-electron chi connectivity index (χ1n) is 9.04. The lowest BCUT2D eigenvalue weighted by Crippen LogP contribution is -2.48. The molecule has 0 amide bonds. The highest BCUT2D eigenvalue weighted by Gasteiger charge is 2.24. The highest BCUT2D eigenvalue weighted by atomic mass is 127. The van der Waals surface area contributed by atoms with Crippen molar-refractivity contribution in [1.82, 2.24) is 10.2 Å². The van der Waals surface area contributed by atoms with Crippen LogP contribution in [-0.2, 0) is 11.2 Å². The molecule has 2 aromatic carbocycles. The second-order valence-electron chi connectivity index (χ2n) is 6.52. The molecule has 146 valence electrons. The highest BCUT2D eigenvalue weighted by molar-refractivity contribution is 14.0. The molecule has 2 aromatic rings. The van der Waals surface area contributed by atoms with E-state index in [0.717, 1.165) is 31.0 Å². The summed E-state index contributed by atoms with van der Waals surface area (Å²) < 4.78 is 19.3. The lowest BCUT2D eigenvalue weighted by molar-refractivity contribution is -0.00829. The maximum absolute atomic E-state index is 13.3. The van der Waals surface area contributed by atoms with Crippen LogP contribution in [0.15, 0.2) is 53.5 Å². The Balaban J connectivity index is 0.00000261. The van der Waals surface area contributed by atoms with Crippen molar-refractivity contribution < 1.29 is 9.13 Å². The monoisotopic (exact) mass is 483 g/mol. The molecule has 0 aromatic heterocycles. The number of rotatable bonds is 4. The smallest absolute Gasteiger partial charge is 0.193 e. The van der Waals surface area contributed by atoms with E-state index in [4.69, 9.17) is 4.74 Å². The van der Waals surface area contributed by atoms with Crippen LogP contribution in [0.2, 0.25) is 0 Å². The average molecular weight is 483 g/mol. The maximum atomic E-state index is 13.3. The third-order valence-electron chi connectivity index (χ3n) is 4.70. The van der Waals surface area contributed by atoms with Crippen molar-refractivity contribution in [3.8, 4) is 0 Å². The molecule has 1 fully saturated rings. The van der Waals surface area contributed by atoms with Crippen molar-refractivity contribution in [3.63, 3.8) is 0 Å². The number of nitrogens with zero attached hydrogens (tertiary/aromatic N) is 2. The first-order valence-corrected chi connectivity index (χ1v) is 9.04. The van der Waals surface area contributed by atoms with Gasteiger partial charge in [0.05, 0.1) is 13.2 Å². The Kier molecular flexibility index (Phi) is 8.50. The van der Waals surface area contributed by atoms with E-state index in [0.29, 0.717) is 13.2 Å². The lowest BCUT2D eigenvalue weighted by Gasteiger charge is -2.35. The number of morpholine rings is 1. The molecular formula is C21H27FIN3O. The summed E-state index contributed by atoms with van der Waals surface area (Å²) in [6, 6.07) is 15.1. The minimum Gasteiger partial charge on any atom is -0.370 e. The molecule has 1 unspecified atom stereocenters. The predicted octanol–water partition coefficient (Wildman–Crippen LogP) is 3.94. The fourth-order valence-electron chi connectivity index (χ4n) is 3.32. The third kappa shape index (κ3) is 5.90. The van der Waals surface area contributed by atoms with Crippen molar-refractivity contribution in [3.05, 3.63) is 71.0 Å². The molecule has 1 N–H and O–H groups in total. The predicted molar refractivity (Wildman–Crippen MR) is 118 cm³/mol. The molecule has 3 rings (SSSR count). The zero-order valence-corrected chi connectivity index (χ0v) is 18.2. The van der Waals surface area contributed by atoms with E-state index in [1.54, 1.807) is 19.2 Å². The summed E-state index contributed by atoms with van der Waals surface area (Å²) in [5, 5.41) is 3.39. The topological polar surface area (TPSA) is 36.9 Å². The van der Waals surface area contributed by atoms with Crippen LogP contribution >= 0.6 is 24.0 Å². The molecular weight excluding hydrogens is 456 g/mol. The average Bonchev–Trinajstić information content (AvgIpc) is 2.66. The summed E-state index contributed by atoms with van der Waals surface area (Å²) in [6.45, 7) is 5.07. The normalized spacial score (nSPS) is 17.4. The Morgan fingerprint density at radius 3 is 2.81 bits per heavy atom. The summed E-state index contributed by atoms with van der Waals surface area (Å²) in [5.74, 6) is 0.671. The second kappa shape index (κ2) is 10.6. The van der Waals surface area contributed by atoms with Gasteiger partial charge in [0.15, 0.2) is 5.96 Å². The largest absolute Gasteiger partial charge is 0.370 e. The maximum Gasteiger partial charge on any atom is 0.193 e. The summed E-state index contributed by atoms with van der Waals surface area (Å²) in [7, 11) is 1.79. The number of hydrogen-bond donors (Lipinski definition) is 1. The Labute approximate surface area is 177 Å². The van der Waals surface area contributed by atoms with E-state index in [9.17, 15) is 4.39 Å². The van der Waals surface area contributed by atoms with Gasteiger partial charge in [0.25, 0.3) is 0 Å². The van der Waals surface area contributed by atoms with Crippen LogP contribution in [0, 0.1) is 12.7 Å². The first-order chi connectivity index (χ1) is 12.7. The van der Waals surface area contributed by atoms with Gasteiger partial charge in [-0.1, -0.05) is 36.4 Å². The number of guanidine groups is 1. The van der Waals surface area contributed by atoms with E-state index in [2.05, 4.69) is 40.3 Å². The molecule has 0 spiro atoms. The zero-order chi connectivity index (χ0) is 18.4. The van der Waals surface area contributed by atoms with Gasteiger partial charge < -0.3 is 15.0 Å². The summed E-state index contributed by atoms with van der Waals surface area (Å²) in [6.07, 6.45) is 0.800. The van der Waals surface area contributed by atoms with Gasteiger partial charge in [-0.25, -0.2) is 4.39 Å². The van der Waals surface area contributed by atoms with E-state index < -0.39 is 0 Å². The van der Waals surface area contributed by atoms with Crippen LogP contribution in [0.5, 0.6) is 0 Å². The van der Waals surface area contributed by atoms with Crippen molar-refractivity contribution in [2.24, 2.45) is 4.99 Å². The van der Waals surface area contributed by atoms with Gasteiger partial charge in [-0.3, -0.25) is 4.99 Å². The number of benzene rings is 2. The number of ether oxygens (including phenoxy) is 1. The van der Waals surface area contributed by atoms with Crippen LogP contribution in [0.1, 0.15) is 22.8 Å². The standard InChI is InChI=1S/C21H26FN3O.HI/c1-16-6-3-4-9-19(16)20-15-25(12-13-26-20)21(23-2)24-11-10-17-7-5-8-18(22)14-17;/h3-9,14,20H,10-13,15H2,1-2H3,(H,23,24);1H. The zero-order valence-electron chi connectivity index (χ0n) is 15.8. The van der Waals surface area contributed by atoms with Gasteiger partial charge >= 0.3 is 0 Å². The van der Waals surface area contributed by atoms with E-state index in [-0.39, 0.29) is 35.9 Å². The van der Waals surface area contributed by atoms with Gasteiger partial charge in [0.2, 0.25) is 0 Å². The molecule has 1 saturated heterocycles. The van der Waals surface area contributed by atoms with Gasteiger partial charge in [0.1, 0.15) is 11.9 Å². The minimum absolute atomic E-state index is 0. The molecule has 0 saturated carbocycles. The van der Waals surface area contributed by atoms with Crippen LogP contribution in [-0.4, -0.2) is 44.1 Å². The Morgan fingerprint density at radius 1 is 1.26 bits per heavy atom. The quantitative estimate of drug-likeness (QED) is 0.407. The fraction of sp³-hybridized carbons (Fsp3) is 0.381. The van der Waals surface area contributed by atoms with E-state index in [1.807, 2.05) is 12.1 Å². The Morgan fingerprint density at radius 2 is 2.07 bits per heavy atom. The van der Waals surface area contributed by atoms with Crippen LogP contribution in [0.3, 0.4) is 0 Å². The molecule has 0 radical (unpaired) electrons. The van der Waals surface area contributed by atoms with Crippen LogP contribution in [0.4, 0.5) is 4.39 Å². The Hall–Kier alpha value is -1.67. The van der Waals surface area contributed by atoms with Crippen molar-refractivity contribution in [2.75, 3.05) is 33.3 Å². The highest BCUT2D eigenvalue weighted by Crippen LogP contribution is 2.24. The Bertz CT molecular complexity index is 769. The minimum atomic E-state index is -0.193. The van der Waals surface area contributed by atoms with Gasteiger partial charge in [0, 0.05) is 20.1 Å². The van der Waals surface area contributed by atoms with Gasteiger partial charge in [-0.05, 0) is 42.2 Å². The van der Waals surface area contributed by atoms with Crippen molar-refractivity contribution in [2.45, 2.75) is 19.4 Å². The molecule has 0 aliphatic carbocycles. The number of aliphatic imine (C=N–C) groups is 1. The van der Waals surface area contributed by atoms with Gasteiger partial charge in [-0.2, -0.15) is 0 Å². The third-order valence-corrected chi connectivity index (χ3v) is 4.70. The SMILES string of the molecule is CN=C(NCCc1cccc(F)c1)N1CCOC(c2ccccc2C)C1.I. The van der Waals surface area contributed by atoms with Crippen LogP contribution < -0.4 is 5.32 Å². The van der Waals surface area contributed by atoms with Crippen molar-refractivity contribution >= 4 is 29.9 Å². The number of aryl methyl sites for hydroxylation is 1. The molecule has 0 bridgehead atoms. The number of halogens is 2. The van der Waals surface area contributed by atoms with Gasteiger partial charge in [-0.15, -0.1) is 24.0 Å². The molecule has 1 heterocycles. The summed E-state index contributed by atoms with van der Waals surface area (Å²) >= 11 is 0. The first kappa shape index (κ1) is 21.6. The molecule has 6 heteroatoms. The molecule has 1 atom stereocenters. The fourth-order valence-corrected chi connectivity index (χ4v) is 3.32. The lowest BCUT2D eigenvalue weighted by atomic mass is 10.0. The van der Waals surface area contributed by atoms with E-state index in [1.165, 1.54) is 17.2 Å². The second-order valence-corrected chi connectivity index (χ2v) is 6.52. The number of hydrogen-bond acceptors (Lipinski definition) is 2. The van der Waals surface area contributed by atoms with Crippen LogP contribution in [0.25, 0.3) is 0 Å². The van der Waals surface area contributed by atoms with Crippen molar-refractivity contribution in [1.29, 1.82) is 0 Å². The molecule has 1 aliphatic rings. The summed E-state index contributed by atoms with van der Waals surface area (Å²) in [5.41, 5.74) is 3.45. The summed E-state index contributed by atoms with van der Waals surface area (Å²) in [4.78, 5) is 6.64. The molecule has 27 heavy (non-hydrogen) atoms. The number of nitrogens with one attached hydrogen (secondary N) is 1. The van der Waals surface area contributed by atoms with E-state index >= 15 is 0 Å². The molecule has 1 aliphatic heterocycles.